The van der Waals surface area contributed by atoms with Crippen molar-refractivity contribution >= 4 is 10.0 Å². The molecule has 0 aromatic carbocycles. The SMILES string of the molecule is CCn1ccnc1[C@H](NS(=O)(=O)c1cnn(C)c1)C1CCOCC1. The van der Waals surface area contributed by atoms with E-state index in [0.717, 1.165) is 25.2 Å². The van der Waals surface area contributed by atoms with Gasteiger partial charge in [-0.25, -0.2) is 18.1 Å². The molecule has 0 amide bonds. The van der Waals surface area contributed by atoms with Gasteiger partial charge in [0.2, 0.25) is 10.0 Å². The van der Waals surface area contributed by atoms with Crippen LogP contribution in [0.2, 0.25) is 0 Å². The fourth-order valence-electron chi connectivity index (χ4n) is 3.05. The molecule has 0 unspecified atom stereocenters. The highest BCUT2D eigenvalue weighted by atomic mass is 32.2. The Hall–Kier alpha value is -1.71. The van der Waals surface area contributed by atoms with Gasteiger partial charge in [0.15, 0.2) is 0 Å². The van der Waals surface area contributed by atoms with E-state index < -0.39 is 10.0 Å². The summed E-state index contributed by atoms with van der Waals surface area (Å²) >= 11 is 0. The van der Waals surface area contributed by atoms with Gasteiger partial charge in [0.05, 0.1) is 12.2 Å². The predicted octanol–water partition coefficient (Wildman–Crippen LogP) is 1.08. The zero-order valence-corrected chi connectivity index (χ0v) is 14.7. The van der Waals surface area contributed by atoms with Gasteiger partial charge in [-0.2, -0.15) is 5.10 Å². The van der Waals surface area contributed by atoms with Crippen LogP contribution < -0.4 is 4.72 Å². The molecule has 1 saturated heterocycles. The maximum absolute atomic E-state index is 12.8. The highest BCUT2D eigenvalue weighted by Gasteiger charge is 2.33. The third kappa shape index (κ3) is 3.52. The van der Waals surface area contributed by atoms with Crippen molar-refractivity contribution in [2.24, 2.45) is 13.0 Å². The molecule has 9 heteroatoms. The molecule has 8 nitrogen and oxygen atoms in total. The van der Waals surface area contributed by atoms with E-state index >= 15 is 0 Å². The van der Waals surface area contributed by atoms with Crippen LogP contribution in [0.3, 0.4) is 0 Å². The van der Waals surface area contributed by atoms with Crippen LogP contribution in [0.25, 0.3) is 0 Å². The monoisotopic (exact) mass is 353 g/mol. The molecule has 0 bridgehead atoms. The molecule has 1 aliphatic heterocycles. The quantitative estimate of drug-likeness (QED) is 0.839. The first kappa shape index (κ1) is 17.1. The maximum atomic E-state index is 12.8. The van der Waals surface area contributed by atoms with Gasteiger partial charge < -0.3 is 9.30 Å². The smallest absolute Gasteiger partial charge is 0.244 e. The second-order valence-electron chi connectivity index (χ2n) is 5.97. The molecule has 2 aromatic rings. The van der Waals surface area contributed by atoms with Gasteiger partial charge >= 0.3 is 0 Å². The van der Waals surface area contributed by atoms with Crippen LogP contribution in [-0.2, 0) is 28.4 Å². The van der Waals surface area contributed by atoms with Crippen molar-refractivity contribution < 1.29 is 13.2 Å². The molecule has 1 atom stereocenters. The first-order valence-electron chi connectivity index (χ1n) is 8.11. The lowest BCUT2D eigenvalue weighted by molar-refractivity contribution is 0.0550. The molecule has 0 saturated carbocycles. The summed E-state index contributed by atoms with van der Waals surface area (Å²) in [5, 5.41) is 3.96. The third-order valence-corrected chi connectivity index (χ3v) is 5.77. The topological polar surface area (TPSA) is 91.0 Å². The van der Waals surface area contributed by atoms with E-state index in [-0.39, 0.29) is 16.9 Å². The van der Waals surface area contributed by atoms with Crippen LogP contribution in [0.15, 0.2) is 29.7 Å². The molecular weight excluding hydrogens is 330 g/mol. The Labute approximate surface area is 141 Å². The Kier molecular flexibility index (Phi) is 5.02. The van der Waals surface area contributed by atoms with E-state index in [1.165, 1.54) is 17.1 Å². The second-order valence-corrected chi connectivity index (χ2v) is 7.68. The molecule has 3 rings (SSSR count). The number of nitrogens with one attached hydrogen (secondary N) is 1. The van der Waals surface area contributed by atoms with Gasteiger partial charge in [-0.1, -0.05) is 0 Å². The van der Waals surface area contributed by atoms with Crippen molar-refractivity contribution in [3.8, 4) is 0 Å². The molecule has 132 valence electrons. The number of imidazole rings is 1. The number of hydrogen-bond donors (Lipinski definition) is 1. The Morgan fingerprint density at radius 3 is 2.79 bits per heavy atom. The Morgan fingerprint density at radius 2 is 2.17 bits per heavy atom. The van der Waals surface area contributed by atoms with Crippen LogP contribution in [0.5, 0.6) is 0 Å². The molecule has 3 heterocycles. The summed E-state index contributed by atoms with van der Waals surface area (Å²) in [5.74, 6) is 0.898. The van der Waals surface area contributed by atoms with E-state index in [1.54, 1.807) is 13.2 Å². The molecular formula is C15H23N5O3S. The minimum atomic E-state index is -3.67. The number of hydrogen-bond acceptors (Lipinski definition) is 5. The number of ether oxygens (including phenoxy) is 1. The van der Waals surface area contributed by atoms with Crippen LogP contribution in [0.4, 0.5) is 0 Å². The average Bonchev–Trinajstić information content (AvgIpc) is 3.22. The van der Waals surface area contributed by atoms with Gasteiger partial charge in [-0.15, -0.1) is 0 Å². The van der Waals surface area contributed by atoms with Crippen molar-refractivity contribution in [3.05, 3.63) is 30.6 Å². The molecule has 1 aliphatic rings. The van der Waals surface area contributed by atoms with Crippen molar-refractivity contribution in [2.75, 3.05) is 13.2 Å². The van der Waals surface area contributed by atoms with Crippen LogP contribution >= 0.6 is 0 Å². The highest BCUT2D eigenvalue weighted by molar-refractivity contribution is 7.89. The van der Waals surface area contributed by atoms with Crippen LogP contribution in [-0.4, -0.2) is 41.0 Å². The average molecular weight is 353 g/mol. The summed E-state index contributed by atoms with van der Waals surface area (Å²) in [6.07, 6.45) is 8.04. The normalized spacial score (nSPS) is 17.9. The van der Waals surface area contributed by atoms with Gasteiger partial charge in [-0.05, 0) is 25.7 Å². The summed E-state index contributed by atoms with van der Waals surface area (Å²) in [6.45, 7) is 4.04. The molecule has 1 N–H and O–H groups in total. The summed E-state index contributed by atoms with van der Waals surface area (Å²) in [7, 11) is -1.97. The Morgan fingerprint density at radius 1 is 1.42 bits per heavy atom. The van der Waals surface area contributed by atoms with E-state index in [9.17, 15) is 8.42 Å². The standard InChI is InChI=1S/C15H23N5O3S/c1-3-20-7-6-16-15(20)14(12-4-8-23-9-5-12)18-24(21,22)13-10-17-19(2)11-13/h6-7,10-12,14,18H,3-5,8-9H2,1-2H3/t14-/m1/s1. The highest BCUT2D eigenvalue weighted by Crippen LogP contribution is 2.30. The first-order chi connectivity index (χ1) is 11.5. The zero-order valence-electron chi connectivity index (χ0n) is 13.9. The number of nitrogens with zero attached hydrogens (tertiary/aromatic N) is 4. The fourth-order valence-corrected chi connectivity index (χ4v) is 4.29. The van der Waals surface area contributed by atoms with Crippen molar-refractivity contribution in [3.63, 3.8) is 0 Å². The minimum absolute atomic E-state index is 0.151. The van der Waals surface area contributed by atoms with Gasteiger partial charge in [0, 0.05) is 45.4 Å². The van der Waals surface area contributed by atoms with Crippen molar-refractivity contribution in [1.29, 1.82) is 0 Å². The lowest BCUT2D eigenvalue weighted by atomic mass is 9.92. The molecule has 1 fully saturated rings. The Balaban J connectivity index is 1.92. The molecule has 0 aliphatic carbocycles. The summed E-state index contributed by atoms with van der Waals surface area (Å²) in [5.41, 5.74) is 0. The largest absolute Gasteiger partial charge is 0.381 e. The second kappa shape index (κ2) is 7.04. The third-order valence-electron chi connectivity index (χ3n) is 4.38. The van der Waals surface area contributed by atoms with E-state index in [4.69, 9.17) is 4.74 Å². The summed E-state index contributed by atoms with van der Waals surface area (Å²) < 4.78 is 37.3. The minimum Gasteiger partial charge on any atom is -0.381 e. The number of sulfonamides is 1. The fraction of sp³-hybridized carbons (Fsp3) is 0.600. The molecule has 0 radical (unpaired) electrons. The summed E-state index contributed by atoms with van der Waals surface area (Å²) in [6, 6.07) is -0.381. The van der Waals surface area contributed by atoms with Crippen molar-refractivity contribution in [1.82, 2.24) is 24.1 Å². The van der Waals surface area contributed by atoms with E-state index in [2.05, 4.69) is 14.8 Å². The number of aromatic nitrogens is 4. The van der Waals surface area contributed by atoms with E-state index in [1.807, 2.05) is 17.7 Å². The van der Waals surface area contributed by atoms with Crippen molar-refractivity contribution in [2.45, 2.75) is 37.2 Å². The Bertz CT molecular complexity index is 777. The van der Waals surface area contributed by atoms with Gasteiger partial charge in [0.25, 0.3) is 0 Å². The summed E-state index contributed by atoms with van der Waals surface area (Å²) in [4.78, 5) is 4.58. The van der Waals surface area contributed by atoms with Gasteiger partial charge in [0.1, 0.15) is 10.7 Å². The number of rotatable bonds is 6. The zero-order chi connectivity index (χ0) is 17.2. The molecule has 24 heavy (non-hydrogen) atoms. The maximum Gasteiger partial charge on any atom is 0.244 e. The molecule has 0 spiro atoms. The van der Waals surface area contributed by atoms with Gasteiger partial charge in [-0.3, -0.25) is 4.68 Å². The predicted molar refractivity (Wildman–Crippen MR) is 87.7 cm³/mol. The van der Waals surface area contributed by atoms with E-state index in [0.29, 0.717) is 13.2 Å². The van der Waals surface area contributed by atoms with Crippen LogP contribution in [0.1, 0.15) is 31.6 Å². The lowest BCUT2D eigenvalue weighted by Crippen LogP contribution is -2.37. The molecule has 2 aromatic heterocycles. The first-order valence-corrected chi connectivity index (χ1v) is 9.59. The number of aryl methyl sites for hydroxylation is 2. The lowest BCUT2D eigenvalue weighted by Gasteiger charge is -2.30. The van der Waals surface area contributed by atoms with Crippen LogP contribution in [0, 0.1) is 5.92 Å².